The molecule has 3 rings (SSSR count). The van der Waals surface area contributed by atoms with Crippen molar-refractivity contribution >= 4 is 17.5 Å². The number of hydrogen-bond acceptors (Lipinski definition) is 3. The first-order valence-electron chi connectivity index (χ1n) is 6.64. The lowest BCUT2D eigenvalue weighted by molar-refractivity contribution is 0.0715. The quantitative estimate of drug-likeness (QED) is 0.922. The highest BCUT2D eigenvalue weighted by Crippen LogP contribution is 2.35. The van der Waals surface area contributed by atoms with Gasteiger partial charge in [-0.05, 0) is 41.8 Å². The highest BCUT2D eigenvalue weighted by atomic mass is 35.5. The van der Waals surface area contributed by atoms with Crippen LogP contribution in [-0.4, -0.2) is 28.6 Å². The molecule has 1 aliphatic heterocycles. The van der Waals surface area contributed by atoms with E-state index in [1.165, 1.54) is 23.3 Å². The average molecular weight is 328 g/mol. The van der Waals surface area contributed by atoms with Crippen molar-refractivity contribution in [1.82, 2.24) is 4.90 Å². The van der Waals surface area contributed by atoms with Gasteiger partial charge < -0.3 is 14.4 Å². The molecule has 0 spiro atoms. The van der Waals surface area contributed by atoms with Crippen molar-refractivity contribution in [2.75, 3.05) is 6.54 Å². The molecule has 1 aromatic carbocycles. The number of β-amino-alcohol motifs (C(OH)–C–C–N with tert-alkyl or cyclic N) is 1. The largest absolute Gasteiger partial charge is 0.452 e. The average Bonchev–Trinajstić information content (AvgIpc) is 3.07. The van der Waals surface area contributed by atoms with Crippen LogP contribution in [0.3, 0.4) is 0 Å². The first-order chi connectivity index (χ1) is 10.5. The molecular weight excluding hydrogens is 316 g/mol. The monoisotopic (exact) mass is 327 g/mol. The van der Waals surface area contributed by atoms with Crippen molar-refractivity contribution in [2.45, 2.75) is 18.6 Å². The lowest BCUT2D eigenvalue weighted by Crippen LogP contribution is -2.31. The van der Waals surface area contributed by atoms with Gasteiger partial charge in [0.2, 0.25) is 5.22 Å². The molecule has 22 heavy (non-hydrogen) atoms. The molecule has 1 aromatic heterocycles. The smallest absolute Gasteiger partial charge is 0.259 e. The highest BCUT2D eigenvalue weighted by Gasteiger charge is 2.37. The fourth-order valence-corrected chi connectivity index (χ4v) is 2.87. The molecule has 0 aliphatic carbocycles. The van der Waals surface area contributed by atoms with Gasteiger partial charge in [-0.1, -0.05) is 6.07 Å². The highest BCUT2D eigenvalue weighted by molar-refractivity contribution is 6.32. The van der Waals surface area contributed by atoms with E-state index in [0.717, 1.165) is 12.1 Å². The van der Waals surface area contributed by atoms with Gasteiger partial charge in [0.15, 0.2) is 11.6 Å². The van der Waals surface area contributed by atoms with Crippen molar-refractivity contribution in [1.29, 1.82) is 0 Å². The van der Waals surface area contributed by atoms with Gasteiger partial charge in [-0.2, -0.15) is 0 Å². The third-order valence-corrected chi connectivity index (χ3v) is 4.01. The van der Waals surface area contributed by atoms with Gasteiger partial charge >= 0.3 is 0 Å². The predicted octanol–water partition coefficient (Wildman–Crippen LogP) is 3.16. The normalized spacial score (nSPS) is 21.4. The zero-order valence-electron chi connectivity index (χ0n) is 11.3. The molecule has 2 aromatic rings. The van der Waals surface area contributed by atoms with Crippen LogP contribution in [0.5, 0.6) is 0 Å². The molecule has 1 N–H and O–H groups in total. The second-order valence-corrected chi connectivity index (χ2v) is 5.49. The molecule has 2 atom stereocenters. The molecular formula is C15H12ClF2NO3. The molecule has 7 heteroatoms. The fourth-order valence-electron chi connectivity index (χ4n) is 2.67. The van der Waals surface area contributed by atoms with Crippen LogP contribution in [0.1, 0.15) is 28.4 Å². The van der Waals surface area contributed by atoms with E-state index in [4.69, 9.17) is 16.0 Å². The number of furan rings is 1. The van der Waals surface area contributed by atoms with Gasteiger partial charge in [0, 0.05) is 6.54 Å². The zero-order chi connectivity index (χ0) is 15.9. The lowest BCUT2D eigenvalue weighted by Gasteiger charge is -2.24. The van der Waals surface area contributed by atoms with E-state index in [1.807, 2.05) is 0 Å². The number of carbonyl (C=O) groups excluding carboxylic acids is 1. The minimum absolute atomic E-state index is 0.0459. The van der Waals surface area contributed by atoms with Crippen LogP contribution in [-0.2, 0) is 0 Å². The van der Waals surface area contributed by atoms with E-state index in [0.29, 0.717) is 5.56 Å². The number of carbonyl (C=O) groups is 1. The SMILES string of the molecule is O=C(c1ccoc1Cl)N1C[C@@H](O)C[C@@H]1c1ccc(F)c(F)c1. The van der Waals surface area contributed by atoms with Gasteiger partial charge in [-0.3, -0.25) is 4.79 Å². The molecule has 116 valence electrons. The van der Waals surface area contributed by atoms with Crippen molar-refractivity contribution in [2.24, 2.45) is 0 Å². The third-order valence-electron chi connectivity index (χ3n) is 3.72. The predicted molar refractivity (Wildman–Crippen MR) is 74.5 cm³/mol. The zero-order valence-corrected chi connectivity index (χ0v) is 12.1. The summed E-state index contributed by atoms with van der Waals surface area (Å²) in [4.78, 5) is 13.9. The topological polar surface area (TPSA) is 53.7 Å². The molecule has 1 aliphatic rings. The standard InChI is InChI=1S/C15H12ClF2NO3/c16-14-10(3-4-22-14)15(21)19-7-9(20)6-13(19)8-1-2-11(17)12(18)5-8/h1-5,9,13,20H,6-7H2/t9-,13+/m0/s1. The van der Waals surface area contributed by atoms with Gasteiger partial charge in [-0.25, -0.2) is 8.78 Å². The maximum absolute atomic E-state index is 13.4. The van der Waals surface area contributed by atoms with Crippen LogP contribution in [0.4, 0.5) is 8.78 Å². The first-order valence-corrected chi connectivity index (χ1v) is 7.02. The number of aliphatic hydroxyl groups excluding tert-OH is 1. The number of hydrogen-bond donors (Lipinski definition) is 1. The Bertz CT molecular complexity index is 719. The van der Waals surface area contributed by atoms with Gasteiger partial charge in [-0.15, -0.1) is 0 Å². The molecule has 1 saturated heterocycles. The molecule has 4 nitrogen and oxygen atoms in total. The van der Waals surface area contributed by atoms with E-state index in [9.17, 15) is 18.7 Å². The molecule has 0 radical (unpaired) electrons. The van der Waals surface area contributed by atoms with Gasteiger partial charge in [0.25, 0.3) is 5.91 Å². The second kappa shape index (κ2) is 5.70. The Morgan fingerprint density at radius 1 is 1.32 bits per heavy atom. The van der Waals surface area contributed by atoms with Crippen LogP contribution in [0.15, 0.2) is 34.9 Å². The third kappa shape index (κ3) is 2.60. The number of halogens is 3. The number of likely N-dealkylation sites (tertiary alicyclic amines) is 1. The van der Waals surface area contributed by atoms with Crippen LogP contribution in [0.25, 0.3) is 0 Å². The van der Waals surface area contributed by atoms with Crippen LogP contribution >= 0.6 is 11.6 Å². The van der Waals surface area contributed by atoms with E-state index in [1.54, 1.807) is 0 Å². The summed E-state index contributed by atoms with van der Waals surface area (Å²) in [5.74, 6) is -2.38. The van der Waals surface area contributed by atoms with Gasteiger partial charge in [0.1, 0.15) is 0 Å². The Balaban J connectivity index is 1.94. The number of nitrogens with zero attached hydrogens (tertiary/aromatic N) is 1. The van der Waals surface area contributed by atoms with E-state index in [2.05, 4.69) is 0 Å². The van der Waals surface area contributed by atoms with Crippen molar-refractivity contribution in [3.05, 3.63) is 58.5 Å². The Labute approximate surface area is 129 Å². The molecule has 0 bridgehead atoms. The summed E-state index contributed by atoms with van der Waals surface area (Å²) in [6, 6.07) is 4.32. The minimum Gasteiger partial charge on any atom is -0.452 e. The molecule has 1 amide bonds. The fraction of sp³-hybridized carbons (Fsp3) is 0.267. The Morgan fingerprint density at radius 2 is 2.09 bits per heavy atom. The van der Waals surface area contributed by atoms with Crippen molar-refractivity contribution in [3.8, 4) is 0 Å². The van der Waals surface area contributed by atoms with Crippen molar-refractivity contribution < 1.29 is 23.1 Å². The lowest BCUT2D eigenvalue weighted by atomic mass is 10.0. The van der Waals surface area contributed by atoms with Crippen molar-refractivity contribution in [3.63, 3.8) is 0 Å². The second-order valence-electron chi connectivity index (χ2n) is 5.14. The maximum atomic E-state index is 13.4. The number of aliphatic hydroxyl groups is 1. The summed E-state index contributed by atoms with van der Waals surface area (Å²) in [6.45, 7) is 0.0873. The molecule has 0 saturated carbocycles. The van der Waals surface area contributed by atoms with E-state index in [-0.39, 0.29) is 23.7 Å². The summed E-state index contributed by atoms with van der Waals surface area (Å²) >= 11 is 5.80. The molecule has 1 fully saturated rings. The maximum Gasteiger partial charge on any atom is 0.259 e. The van der Waals surface area contributed by atoms with Crippen LogP contribution in [0.2, 0.25) is 5.22 Å². The minimum atomic E-state index is -0.993. The summed E-state index contributed by atoms with van der Waals surface area (Å²) < 4.78 is 31.4. The summed E-state index contributed by atoms with van der Waals surface area (Å²) in [5, 5.41) is 9.81. The van der Waals surface area contributed by atoms with Crippen LogP contribution in [0, 0.1) is 11.6 Å². The van der Waals surface area contributed by atoms with Gasteiger partial charge in [0.05, 0.1) is 24.0 Å². The molecule has 0 unspecified atom stereocenters. The number of amides is 1. The summed E-state index contributed by atoms with van der Waals surface area (Å²) in [5.41, 5.74) is 0.590. The number of rotatable bonds is 2. The summed E-state index contributed by atoms with van der Waals surface area (Å²) in [7, 11) is 0. The Kier molecular flexibility index (Phi) is 3.88. The Hall–Kier alpha value is -1.92. The van der Waals surface area contributed by atoms with E-state index >= 15 is 0 Å². The van der Waals surface area contributed by atoms with Crippen LogP contribution < -0.4 is 0 Å². The summed E-state index contributed by atoms with van der Waals surface area (Å²) in [6.07, 6.45) is 0.786. The number of benzene rings is 1. The van der Waals surface area contributed by atoms with E-state index < -0.39 is 29.7 Å². The first kappa shape index (κ1) is 15.0. The molecule has 2 heterocycles. The Morgan fingerprint density at radius 3 is 2.73 bits per heavy atom.